The van der Waals surface area contributed by atoms with E-state index in [0.717, 1.165) is 6.42 Å². The predicted molar refractivity (Wildman–Crippen MR) is 74.6 cm³/mol. The molecule has 0 aromatic heterocycles. The van der Waals surface area contributed by atoms with Gasteiger partial charge in [0.05, 0.1) is 28.4 Å². The van der Waals surface area contributed by atoms with Gasteiger partial charge in [0.25, 0.3) is 0 Å². The summed E-state index contributed by atoms with van der Waals surface area (Å²) < 4.78 is 31.2. The molecular formula is C12H19N3O3S. The molecule has 2 rings (SSSR count). The molecule has 1 unspecified atom stereocenters. The quantitative estimate of drug-likeness (QED) is 0.710. The fourth-order valence-corrected chi connectivity index (χ4v) is 2.78. The second-order valence-corrected chi connectivity index (χ2v) is 6.83. The minimum absolute atomic E-state index is 0.189. The minimum Gasteiger partial charge on any atom is -0.397 e. The van der Waals surface area contributed by atoms with E-state index in [-0.39, 0.29) is 10.4 Å². The number of nitrogens with two attached hydrogens (primary N) is 1. The van der Waals surface area contributed by atoms with Crippen LogP contribution in [0.1, 0.15) is 13.3 Å². The van der Waals surface area contributed by atoms with Crippen LogP contribution < -0.4 is 15.8 Å². The van der Waals surface area contributed by atoms with Crippen molar-refractivity contribution in [3.63, 3.8) is 0 Å². The van der Waals surface area contributed by atoms with Crippen molar-refractivity contribution in [2.75, 3.05) is 31.3 Å². The summed E-state index contributed by atoms with van der Waals surface area (Å²) in [7, 11) is -2.09. The third-order valence-electron chi connectivity index (χ3n) is 3.26. The summed E-state index contributed by atoms with van der Waals surface area (Å²) in [5.41, 5.74) is 6.81. The Hall–Kier alpha value is -1.31. The summed E-state index contributed by atoms with van der Waals surface area (Å²) >= 11 is 0. The smallest absolute Gasteiger partial charge is 0.240 e. The van der Waals surface area contributed by atoms with Gasteiger partial charge in [0, 0.05) is 6.61 Å². The topological polar surface area (TPSA) is 93.5 Å². The van der Waals surface area contributed by atoms with Gasteiger partial charge in [-0.3, -0.25) is 0 Å². The van der Waals surface area contributed by atoms with Crippen LogP contribution in [0.25, 0.3) is 0 Å². The molecule has 0 amide bonds. The standard InChI is InChI=1S/C12H19N3O3S/c1-12(5-6-18-8-12)15-11-7-9(3-4-10(11)13)19(16,17)14-2/h3-4,7,14-15H,5-6,8,13H2,1-2H3. The Morgan fingerprint density at radius 3 is 2.74 bits per heavy atom. The molecule has 1 saturated heterocycles. The van der Waals surface area contributed by atoms with E-state index in [0.29, 0.717) is 24.6 Å². The van der Waals surface area contributed by atoms with E-state index in [1.165, 1.54) is 13.1 Å². The van der Waals surface area contributed by atoms with Crippen molar-refractivity contribution in [3.8, 4) is 0 Å². The molecule has 0 spiro atoms. The van der Waals surface area contributed by atoms with E-state index in [2.05, 4.69) is 10.0 Å². The number of benzene rings is 1. The van der Waals surface area contributed by atoms with Crippen LogP contribution in [0, 0.1) is 0 Å². The van der Waals surface area contributed by atoms with Crippen LogP contribution >= 0.6 is 0 Å². The van der Waals surface area contributed by atoms with Crippen molar-refractivity contribution >= 4 is 21.4 Å². The molecule has 1 aromatic rings. The molecule has 106 valence electrons. The van der Waals surface area contributed by atoms with Crippen LogP contribution in [0.3, 0.4) is 0 Å². The van der Waals surface area contributed by atoms with E-state index in [1.54, 1.807) is 12.1 Å². The first-order valence-electron chi connectivity index (χ1n) is 6.05. The first kappa shape index (κ1) is 14.1. The number of nitrogen functional groups attached to an aromatic ring is 1. The Bertz CT molecular complexity index is 566. The van der Waals surface area contributed by atoms with Crippen molar-refractivity contribution in [3.05, 3.63) is 18.2 Å². The second-order valence-electron chi connectivity index (χ2n) is 4.94. The molecular weight excluding hydrogens is 266 g/mol. The lowest BCUT2D eigenvalue weighted by molar-refractivity contribution is 0.185. The van der Waals surface area contributed by atoms with Gasteiger partial charge in [-0.25, -0.2) is 13.1 Å². The van der Waals surface area contributed by atoms with Crippen LogP contribution in [0.4, 0.5) is 11.4 Å². The van der Waals surface area contributed by atoms with Crippen molar-refractivity contribution in [2.45, 2.75) is 23.8 Å². The van der Waals surface area contributed by atoms with E-state index in [4.69, 9.17) is 10.5 Å². The van der Waals surface area contributed by atoms with Gasteiger partial charge in [-0.1, -0.05) is 0 Å². The zero-order valence-corrected chi connectivity index (χ0v) is 11.9. The first-order valence-corrected chi connectivity index (χ1v) is 7.54. The average molecular weight is 285 g/mol. The maximum atomic E-state index is 11.8. The van der Waals surface area contributed by atoms with Crippen LogP contribution in [0.15, 0.2) is 23.1 Å². The molecule has 1 aliphatic heterocycles. The van der Waals surface area contributed by atoms with Crippen LogP contribution in [-0.4, -0.2) is 34.2 Å². The fourth-order valence-electron chi connectivity index (χ4n) is 2.02. The highest BCUT2D eigenvalue weighted by Crippen LogP contribution is 2.29. The number of ether oxygens (including phenoxy) is 1. The molecule has 0 saturated carbocycles. The van der Waals surface area contributed by atoms with Gasteiger partial charge in [-0.05, 0) is 38.6 Å². The zero-order chi connectivity index (χ0) is 14.1. The van der Waals surface area contributed by atoms with Crippen molar-refractivity contribution in [1.82, 2.24) is 4.72 Å². The highest BCUT2D eigenvalue weighted by Gasteiger charge is 2.30. The summed E-state index contributed by atoms with van der Waals surface area (Å²) in [5.74, 6) is 0. The fraction of sp³-hybridized carbons (Fsp3) is 0.500. The van der Waals surface area contributed by atoms with Crippen LogP contribution in [0.5, 0.6) is 0 Å². The Labute approximate surface area is 113 Å². The van der Waals surface area contributed by atoms with Crippen molar-refractivity contribution in [1.29, 1.82) is 0 Å². The Balaban J connectivity index is 2.32. The molecule has 1 aliphatic rings. The highest BCUT2D eigenvalue weighted by molar-refractivity contribution is 7.89. The Morgan fingerprint density at radius 2 is 2.16 bits per heavy atom. The lowest BCUT2D eigenvalue weighted by Crippen LogP contribution is -2.35. The molecule has 0 aliphatic carbocycles. The summed E-state index contributed by atoms with van der Waals surface area (Å²) in [6.45, 7) is 3.30. The molecule has 1 heterocycles. The normalized spacial score (nSPS) is 23.5. The monoisotopic (exact) mass is 285 g/mol. The maximum Gasteiger partial charge on any atom is 0.240 e. The van der Waals surface area contributed by atoms with Gasteiger partial charge >= 0.3 is 0 Å². The third kappa shape index (κ3) is 2.99. The number of sulfonamides is 1. The average Bonchev–Trinajstić information content (AvgIpc) is 2.78. The number of anilines is 2. The van der Waals surface area contributed by atoms with E-state index in [9.17, 15) is 8.42 Å². The largest absolute Gasteiger partial charge is 0.397 e. The molecule has 1 fully saturated rings. The molecule has 6 nitrogen and oxygen atoms in total. The molecule has 4 N–H and O–H groups in total. The van der Waals surface area contributed by atoms with E-state index >= 15 is 0 Å². The molecule has 7 heteroatoms. The molecule has 0 bridgehead atoms. The lowest BCUT2D eigenvalue weighted by Gasteiger charge is -2.26. The minimum atomic E-state index is -3.47. The lowest BCUT2D eigenvalue weighted by atomic mass is 10.0. The summed E-state index contributed by atoms with van der Waals surface area (Å²) in [6, 6.07) is 4.62. The van der Waals surface area contributed by atoms with Crippen LogP contribution in [0.2, 0.25) is 0 Å². The van der Waals surface area contributed by atoms with Gasteiger partial charge in [0.15, 0.2) is 0 Å². The Morgan fingerprint density at radius 1 is 1.42 bits per heavy atom. The van der Waals surface area contributed by atoms with Gasteiger partial charge in [0.1, 0.15) is 0 Å². The molecule has 1 atom stereocenters. The molecule has 19 heavy (non-hydrogen) atoms. The molecule has 1 aromatic carbocycles. The van der Waals surface area contributed by atoms with Gasteiger partial charge < -0.3 is 15.8 Å². The van der Waals surface area contributed by atoms with E-state index in [1.807, 2.05) is 6.92 Å². The predicted octanol–water partition coefficient (Wildman–Crippen LogP) is 0.768. The van der Waals surface area contributed by atoms with Crippen LogP contribution in [-0.2, 0) is 14.8 Å². The summed E-state index contributed by atoms with van der Waals surface area (Å²) in [4.78, 5) is 0.189. The number of nitrogens with one attached hydrogen (secondary N) is 2. The number of hydrogen-bond acceptors (Lipinski definition) is 5. The Kier molecular flexibility index (Phi) is 3.71. The van der Waals surface area contributed by atoms with Crippen molar-refractivity contribution in [2.24, 2.45) is 0 Å². The summed E-state index contributed by atoms with van der Waals surface area (Å²) in [5, 5.41) is 3.28. The van der Waals surface area contributed by atoms with Gasteiger partial charge in [0.2, 0.25) is 10.0 Å². The SMILES string of the molecule is CNS(=O)(=O)c1ccc(N)c(NC2(C)CCOC2)c1. The zero-order valence-electron chi connectivity index (χ0n) is 11.1. The first-order chi connectivity index (χ1) is 8.86. The summed E-state index contributed by atoms with van der Waals surface area (Å²) in [6.07, 6.45) is 0.857. The van der Waals surface area contributed by atoms with E-state index < -0.39 is 10.0 Å². The second kappa shape index (κ2) is 4.99. The third-order valence-corrected chi connectivity index (χ3v) is 4.67. The van der Waals surface area contributed by atoms with Crippen molar-refractivity contribution < 1.29 is 13.2 Å². The number of hydrogen-bond donors (Lipinski definition) is 3. The highest BCUT2D eigenvalue weighted by atomic mass is 32.2. The number of rotatable bonds is 4. The molecule has 0 radical (unpaired) electrons. The maximum absolute atomic E-state index is 11.8. The van der Waals surface area contributed by atoms with Gasteiger partial charge in [-0.2, -0.15) is 0 Å². The van der Waals surface area contributed by atoms with Gasteiger partial charge in [-0.15, -0.1) is 0 Å².